The van der Waals surface area contributed by atoms with Crippen LogP contribution in [-0.2, 0) is 6.54 Å². The van der Waals surface area contributed by atoms with E-state index in [1.165, 1.54) is 12.1 Å². The topological polar surface area (TPSA) is 64.2 Å². The average Bonchev–Trinajstić information content (AvgIpc) is 2.97. The Kier molecular flexibility index (Phi) is 3.12. The van der Waals surface area contributed by atoms with E-state index >= 15 is 0 Å². The van der Waals surface area contributed by atoms with Gasteiger partial charge in [0.15, 0.2) is 0 Å². The van der Waals surface area contributed by atoms with Crippen LogP contribution < -0.4 is 5.73 Å². The predicted molar refractivity (Wildman–Crippen MR) is 87.3 cm³/mol. The Balaban J connectivity index is 2.03. The van der Waals surface area contributed by atoms with Crippen molar-refractivity contribution in [3.05, 3.63) is 71.7 Å². The lowest BCUT2D eigenvalue weighted by Crippen LogP contribution is -2.14. The standard InChI is InChI=1S/C18H13FN4/c19-13-8-6-11(7-9-13)15-16-14(10-21-18(16)20)22-23-17(15)12-4-2-1-3-5-12/h1-9H,10H2,(H2,20,21). The monoisotopic (exact) mass is 304 g/mol. The number of aliphatic imine (C=N–C) groups is 1. The molecule has 1 aliphatic heterocycles. The van der Waals surface area contributed by atoms with Crippen molar-refractivity contribution in [2.75, 3.05) is 0 Å². The molecule has 112 valence electrons. The van der Waals surface area contributed by atoms with Crippen molar-refractivity contribution in [2.24, 2.45) is 10.7 Å². The lowest BCUT2D eigenvalue weighted by molar-refractivity contribution is 0.628. The zero-order chi connectivity index (χ0) is 15.8. The summed E-state index contributed by atoms with van der Waals surface area (Å²) in [4.78, 5) is 4.26. The molecule has 0 bridgehead atoms. The highest BCUT2D eigenvalue weighted by molar-refractivity contribution is 6.08. The molecule has 3 aromatic rings. The highest BCUT2D eigenvalue weighted by atomic mass is 19.1. The summed E-state index contributed by atoms with van der Waals surface area (Å²) in [5.74, 6) is 0.168. The third-order valence-corrected chi connectivity index (χ3v) is 3.88. The highest BCUT2D eigenvalue weighted by Crippen LogP contribution is 2.35. The number of nitrogens with two attached hydrogens (primary N) is 1. The molecule has 4 rings (SSSR count). The van der Waals surface area contributed by atoms with Crippen molar-refractivity contribution in [2.45, 2.75) is 6.54 Å². The van der Waals surface area contributed by atoms with Gasteiger partial charge in [0.05, 0.1) is 17.8 Å². The van der Waals surface area contributed by atoms with Crippen LogP contribution in [0, 0.1) is 5.82 Å². The Labute approximate surface area is 132 Å². The molecule has 0 spiro atoms. The molecule has 0 unspecified atom stereocenters. The van der Waals surface area contributed by atoms with E-state index in [9.17, 15) is 4.39 Å². The van der Waals surface area contributed by atoms with Gasteiger partial charge >= 0.3 is 0 Å². The van der Waals surface area contributed by atoms with Gasteiger partial charge in [-0.05, 0) is 17.7 Å². The molecule has 0 saturated heterocycles. The maximum atomic E-state index is 13.3. The van der Waals surface area contributed by atoms with Crippen LogP contribution in [0.15, 0.2) is 59.6 Å². The SMILES string of the molecule is NC1=NCc2nnc(-c3ccccc3)c(-c3ccc(F)cc3)c21. The van der Waals surface area contributed by atoms with Gasteiger partial charge in [0.2, 0.25) is 0 Å². The van der Waals surface area contributed by atoms with Gasteiger partial charge in [-0.15, -0.1) is 5.10 Å². The minimum absolute atomic E-state index is 0.282. The number of fused-ring (bicyclic) bond motifs is 1. The maximum Gasteiger partial charge on any atom is 0.128 e. The fourth-order valence-corrected chi connectivity index (χ4v) is 2.79. The Morgan fingerprint density at radius 2 is 1.57 bits per heavy atom. The fourth-order valence-electron chi connectivity index (χ4n) is 2.79. The van der Waals surface area contributed by atoms with E-state index in [0.717, 1.165) is 33.6 Å². The first-order chi connectivity index (χ1) is 11.2. The Morgan fingerprint density at radius 3 is 2.30 bits per heavy atom. The van der Waals surface area contributed by atoms with Gasteiger partial charge in [-0.1, -0.05) is 42.5 Å². The van der Waals surface area contributed by atoms with E-state index in [2.05, 4.69) is 15.2 Å². The third kappa shape index (κ3) is 2.26. The van der Waals surface area contributed by atoms with E-state index in [0.29, 0.717) is 12.4 Å². The van der Waals surface area contributed by atoms with Gasteiger partial charge in [-0.2, -0.15) is 5.10 Å². The first-order valence-electron chi connectivity index (χ1n) is 7.25. The lowest BCUT2D eigenvalue weighted by Gasteiger charge is -2.13. The van der Waals surface area contributed by atoms with Crippen LogP contribution in [-0.4, -0.2) is 16.0 Å². The van der Waals surface area contributed by atoms with Crippen molar-refractivity contribution >= 4 is 5.84 Å². The number of nitrogens with zero attached hydrogens (tertiary/aromatic N) is 3. The molecular formula is C18H13FN4. The van der Waals surface area contributed by atoms with Crippen molar-refractivity contribution in [1.29, 1.82) is 0 Å². The second-order valence-corrected chi connectivity index (χ2v) is 5.32. The number of hydrogen-bond acceptors (Lipinski definition) is 4. The van der Waals surface area contributed by atoms with Crippen LogP contribution in [0.4, 0.5) is 4.39 Å². The Bertz CT molecular complexity index is 902. The van der Waals surface area contributed by atoms with Crippen LogP contribution in [0.1, 0.15) is 11.3 Å². The molecule has 0 amide bonds. The zero-order valence-corrected chi connectivity index (χ0v) is 12.2. The number of rotatable bonds is 2. The van der Waals surface area contributed by atoms with E-state index in [4.69, 9.17) is 5.73 Å². The second kappa shape index (κ2) is 5.28. The summed E-state index contributed by atoms with van der Waals surface area (Å²) in [5.41, 5.74) is 11.0. The summed E-state index contributed by atoms with van der Waals surface area (Å²) < 4.78 is 13.3. The first kappa shape index (κ1) is 13.6. The lowest BCUT2D eigenvalue weighted by atomic mass is 9.94. The van der Waals surface area contributed by atoms with Crippen molar-refractivity contribution in [3.63, 3.8) is 0 Å². The van der Waals surface area contributed by atoms with E-state index in [1.54, 1.807) is 12.1 Å². The molecule has 1 aromatic heterocycles. The summed E-state index contributed by atoms with van der Waals surface area (Å²) in [6, 6.07) is 16.1. The minimum atomic E-state index is -0.282. The molecule has 2 N–H and O–H groups in total. The van der Waals surface area contributed by atoms with Crippen LogP contribution in [0.5, 0.6) is 0 Å². The molecule has 0 saturated carbocycles. The quantitative estimate of drug-likeness (QED) is 0.791. The molecule has 4 nitrogen and oxygen atoms in total. The third-order valence-electron chi connectivity index (χ3n) is 3.88. The maximum absolute atomic E-state index is 13.3. The van der Waals surface area contributed by atoms with Crippen LogP contribution >= 0.6 is 0 Å². The average molecular weight is 304 g/mol. The zero-order valence-electron chi connectivity index (χ0n) is 12.2. The molecule has 1 aliphatic rings. The predicted octanol–water partition coefficient (Wildman–Crippen LogP) is 3.17. The number of aromatic nitrogens is 2. The minimum Gasteiger partial charge on any atom is -0.383 e. The Morgan fingerprint density at radius 1 is 0.826 bits per heavy atom. The number of hydrogen-bond donors (Lipinski definition) is 1. The first-order valence-corrected chi connectivity index (χ1v) is 7.25. The van der Waals surface area contributed by atoms with E-state index in [-0.39, 0.29) is 5.82 Å². The Hall–Kier alpha value is -3.08. The smallest absolute Gasteiger partial charge is 0.128 e. The van der Waals surface area contributed by atoms with Gasteiger partial charge in [-0.25, -0.2) is 4.39 Å². The van der Waals surface area contributed by atoms with Crippen molar-refractivity contribution in [3.8, 4) is 22.4 Å². The number of halogens is 1. The van der Waals surface area contributed by atoms with Gasteiger partial charge < -0.3 is 5.73 Å². The summed E-state index contributed by atoms with van der Waals surface area (Å²) >= 11 is 0. The molecule has 0 atom stereocenters. The van der Waals surface area contributed by atoms with Gasteiger partial charge in [0.1, 0.15) is 17.3 Å². The van der Waals surface area contributed by atoms with Gasteiger partial charge in [-0.3, -0.25) is 4.99 Å². The normalized spacial score (nSPS) is 12.8. The fraction of sp³-hybridized carbons (Fsp3) is 0.0556. The van der Waals surface area contributed by atoms with Crippen LogP contribution in [0.25, 0.3) is 22.4 Å². The summed E-state index contributed by atoms with van der Waals surface area (Å²) in [6.07, 6.45) is 0. The molecular weight excluding hydrogens is 291 g/mol. The molecule has 0 fully saturated rings. The van der Waals surface area contributed by atoms with Crippen molar-refractivity contribution in [1.82, 2.24) is 10.2 Å². The van der Waals surface area contributed by atoms with Crippen LogP contribution in [0.3, 0.4) is 0 Å². The van der Waals surface area contributed by atoms with Gasteiger partial charge in [0.25, 0.3) is 0 Å². The van der Waals surface area contributed by atoms with Crippen LogP contribution in [0.2, 0.25) is 0 Å². The summed E-state index contributed by atoms with van der Waals surface area (Å²) in [7, 11) is 0. The summed E-state index contributed by atoms with van der Waals surface area (Å²) in [6.45, 7) is 0.428. The number of amidine groups is 1. The molecule has 5 heteroatoms. The molecule has 23 heavy (non-hydrogen) atoms. The molecule has 0 radical (unpaired) electrons. The molecule has 0 aliphatic carbocycles. The second-order valence-electron chi connectivity index (χ2n) is 5.32. The largest absolute Gasteiger partial charge is 0.383 e. The van der Waals surface area contributed by atoms with Crippen molar-refractivity contribution < 1.29 is 4.39 Å². The molecule has 2 heterocycles. The van der Waals surface area contributed by atoms with E-state index < -0.39 is 0 Å². The van der Waals surface area contributed by atoms with Gasteiger partial charge in [0, 0.05) is 11.1 Å². The van der Waals surface area contributed by atoms with E-state index in [1.807, 2.05) is 30.3 Å². The highest BCUT2D eigenvalue weighted by Gasteiger charge is 2.24. The number of benzene rings is 2. The summed E-state index contributed by atoms with van der Waals surface area (Å²) in [5, 5.41) is 8.65. The molecule has 2 aromatic carbocycles.